The summed E-state index contributed by atoms with van der Waals surface area (Å²) in [5.74, 6) is 1.16. The van der Waals surface area contributed by atoms with E-state index in [1.165, 1.54) is 0 Å². The Bertz CT molecular complexity index is 1500. The molecule has 1 aromatic carbocycles. The van der Waals surface area contributed by atoms with E-state index in [-0.39, 0.29) is 17.9 Å². The maximum atomic E-state index is 13.3. The SMILES string of the molecule is Cc1cn2nc(NC(=O)c3ccc(C4CCN(C(=O)OC(C)(C)C)CC4)c4cc(C)oc34)cc(C)c2n1. The standard InChI is InChI=1S/C28H33N5O4/c1-16-13-23(31-33-15-17(2)29-25(16)33)30-26(34)21-8-7-20(22-14-18(3)36-24(21)22)19-9-11-32(12-10-19)27(35)37-28(4,5)6/h7-8,13-15,19H,9-12H2,1-6H3,(H,30,31,34). The molecule has 0 spiro atoms. The van der Waals surface area contributed by atoms with Gasteiger partial charge >= 0.3 is 6.09 Å². The number of hydrogen-bond acceptors (Lipinski definition) is 6. The second-order valence-electron chi connectivity index (χ2n) is 10.9. The Kier molecular flexibility index (Phi) is 6.17. The minimum atomic E-state index is -0.511. The number of ether oxygens (including phenoxy) is 1. The predicted octanol–water partition coefficient (Wildman–Crippen LogP) is 5.77. The van der Waals surface area contributed by atoms with Gasteiger partial charge in [0.05, 0.1) is 17.5 Å². The molecular weight excluding hydrogens is 470 g/mol. The average molecular weight is 504 g/mol. The molecule has 4 heterocycles. The highest BCUT2D eigenvalue weighted by Crippen LogP contribution is 2.36. The summed E-state index contributed by atoms with van der Waals surface area (Å²) >= 11 is 0. The van der Waals surface area contributed by atoms with Gasteiger partial charge in [-0.05, 0) is 89.6 Å². The van der Waals surface area contributed by atoms with Crippen molar-refractivity contribution in [3.05, 3.63) is 58.6 Å². The molecule has 5 rings (SSSR count). The summed E-state index contributed by atoms with van der Waals surface area (Å²) in [6.07, 6.45) is 3.19. The van der Waals surface area contributed by atoms with Gasteiger partial charge in [-0.3, -0.25) is 4.79 Å². The van der Waals surface area contributed by atoms with Crippen LogP contribution in [-0.4, -0.2) is 50.2 Å². The smallest absolute Gasteiger partial charge is 0.410 e. The number of hydrogen-bond donors (Lipinski definition) is 1. The van der Waals surface area contributed by atoms with Gasteiger partial charge in [-0.25, -0.2) is 14.3 Å². The van der Waals surface area contributed by atoms with Gasteiger partial charge < -0.3 is 19.4 Å². The number of carbonyl (C=O) groups excluding carboxylic acids is 2. The van der Waals surface area contributed by atoms with Gasteiger partial charge in [0.15, 0.2) is 11.5 Å². The van der Waals surface area contributed by atoms with Gasteiger partial charge in [0.25, 0.3) is 5.91 Å². The van der Waals surface area contributed by atoms with Crippen LogP contribution in [0.25, 0.3) is 16.6 Å². The molecule has 0 bridgehead atoms. The van der Waals surface area contributed by atoms with Crippen molar-refractivity contribution in [2.45, 2.75) is 65.9 Å². The third-order valence-corrected chi connectivity index (χ3v) is 6.64. The maximum absolute atomic E-state index is 13.3. The number of rotatable bonds is 3. The fourth-order valence-electron chi connectivity index (χ4n) is 4.99. The first-order valence-electron chi connectivity index (χ1n) is 12.6. The minimum Gasteiger partial charge on any atom is -0.461 e. The molecule has 0 saturated carbocycles. The summed E-state index contributed by atoms with van der Waals surface area (Å²) < 4.78 is 13.2. The van der Waals surface area contributed by atoms with E-state index in [2.05, 4.69) is 15.4 Å². The van der Waals surface area contributed by atoms with E-state index in [4.69, 9.17) is 9.15 Å². The normalized spacial score (nSPS) is 14.9. The Balaban J connectivity index is 1.37. The number of aromatic nitrogens is 3. The van der Waals surface area contributed by atoms with E-state index in [0.29, 0.717) is 30.1 Å². The van der Waals surface area contributed by atoms with Gasteiger partial charge in [0.2, 0.25) is 0 Å². The van der Waals surface area contributed by atoms with E-state index in [0.717, 1.165) is 46.5 Å². The van der Waals surface area contributed by atoms with E-state index in [1.807, 2.05) is 72.0 Å². The maximum Gasteiger partial charge on any atom is 0.410 e. The Hall–Kier alpha value is -3.88. The van der Waals surface area contributed by atoms with Gasteiger partial charge in [-0.15, -0.1) is 5.10 Å². The lowest BCUT2D eigenvalue weighted by Gasteiger charge is -2.33. The van der Waals surface area contributed by atoms with Crippen molar-refractivity contribution in [3.63, 3.8) is 0 Å². The number of piperidine rings is 1. The lowest BCUT2D eigenvalue weighted by atomic mass is 9.87. The molecule has 194 valence electrons. The molecule has 0 atom stereocenters. The summed E-state index contributed by atoms with van der Waals surface area (Å²) in [5, 5.41) is 8.35. The summed E-state index contributed by atoms with van der Waals surface area (Å²) in [6.45, 7) is 12.6. The molecule has 4 aromatic rings. The van der Waals surface area contributed by atoms with Crippen LogP contribution in [0.4, 0.5) is 10.6 Å². The van der Waals surface area contributed by atoms with Gasteiger partial charge in [-0.2, -0.15) is 0 Å². The van der Waals surface area contributed by atoms with Crippen molar-refractivity contribution in [1.29, 1.82) is 0 Å². The first-order chi connectivity index (χ1) is 17.5. The Morgan fingerprint density at radius 1 is 1.11 bits per heavy atom. The number of benzene rings is 1. The van der Waals surface area contributed by atoms with Crippen molar-refractivity contribution in [1.82, 2.24) is 19.5 Å². The number of likely N-dealkylation sites (tertiary alicyclic amines) is 1. The monoisotopic (exact) mass is 503 g/mol. The van der Waals surface area contributed by atoms with Crippen molar-refractivity contribution in [2.24, 2.45) is 0 Å². The fourth-order valence-corrected chi connectivity index (χ4v) is 4.99. The highest BCUT2D eigenvalue weighted by molar-refractivity contribution is 6.11. The fraction of sp³-hybridized carbons (Fsp3) is 0.429. The second kappa shape index (κ2) is 9.21. The third-order valence-electron chi connectivity index (χ3n) is 6.64. The Morgan fingerprint density at radius 3 is 2.54 bits per heavy atom. The van der Waals surface area contributed by atoms with Crippen LogP contribution in [0.5, 0.6) is 0 Å². The van der Waals surface area contributed by atoms with E-state index in [1.54, 1.807) is 9.42 Å². The highest BCUT2D eigenvalue weighted by atomic mass is 16.6. The number of amides is 2. The first kappa shape index (κ1) is 24.8. The van der Waals surface area contributed by atoms with Crippen LogP contribution in [-0.2, 0) is 4.74 Å². The molecule has 1 N–H and O–H groups in total. The zero-order chi connectivity index (χ0) is 26.5. The van der Waals surface area contributed by atoms with Crippen LogP contribution in [0.3, 0.4) is 0 Å². The number of anilines is 1. The number of nitrogens with zero attached hydrogens (tertiary/aromatic N) is 4. The van der Waals surface area contributed by atoms with E-state index in [9.17, 15) is 9.59 Å². The summed E-state index contributed by atoms with van der Waals surface area (Å²) in [7, 11) is 0. The van der Waals surface area contributed by atoms with Crippen LogP contribution < -0.4 is 5.32 Å². The van der Waals surface area contributed by atoms with E-state index < -0.39 is 5.60 Å². The number of imidazole rings is 1. The molecule has 3 aromatic heterocycles. The number of carbonyl (C=O) groups is 2. The molecule has 2 amide bonds. The molecule has 1 fully saturated rings. The zero-order valence-corrected chi connectivity index (χ0v) is 22.2. The number of nitrogens with one attached hydrogen (secondary N) is 1. The zero-order valence-electron chi connectivity index (χ0n) is 22.2. The number of furan rings is 1. The molecule has 9 nitrogen and oxygen atoms in total. The van der Waals surface area contributed by atoms with Crippen molar-refractivity contribution in [2.75, 3.05) is 18.4 Å². The van der Waals surface area contributed by atoms with E-state index >= 15 is 0 Å². The van der Waals surface area contributed by atoms with Gasteiger partial charge in [-0.1, -0.05) is 6.07 Å². The molecule has 0 aliphatic carbocycles. The minimum absolute atomic E-state index is 0.256. The van der Waals surface area contributed by atoms with Crippen LogP contribution in [0.1, 0.15) is 72.5 Å². The predicted molar refractivity (Wildman–Crippen MR) is 141 cm³/mol. The average Bonchev–Trinajstić information content (AvgIpc) is 3.39. The largest absolute Gasteiger partial charge is 0.461 e. The molecular formula is C28H33N5O4. The molecule has 9 heteroatoms. The van der Waals surface area contributed by atoms with Gasteiger partial charge in [0, 0.05) is 18.5 Å². The topological polar surface area (TPSA) is 102 Å². The third kappa shape index (κ3) is 5.03. The Labute approximate surface area is 215 Å². The Morgan fingerprint density at radius 2 is 1.84 bits per heavy atom. The lowest BCUT2D eigenvalue weighted by molar-refractivity contribution is 0.0205. The summed E-state index contributed by atoms with van der Waals surface area (Å²) in [6, 6.07) is 7.64. The van der Waals surface area contributed by atoms with Crippen LogP contribution in [0.2, 0.25) is 0 Å². The molecule has 1 saturated heterocycles. The van der Waals surface area contributed by atoms with Crippen LogP contribution in [0.15, 0.2) is 34.9 Å². The van der Waals surface area contributed by atoms with Crippen LogP contribution >= 0.6 is 0 Å². The summed E-state index contributed by atoms with van der Waals surface area (Å²) in [5.41, 5.74) is 4.20. The molecule has 37 heavy (non-hydrogen) atoms. The number of aryl methyl sites for hydroxylation is 3. The van der Waals surface area contributed by atoms with Gasteiger partial charge in [0.1, 0.15) is 16.9 Å². The van der Waals surface area contributed by atoms with Crippen molar-refractivity contribution < 1.29 is 18.7 Å². The van der Waals surface area contributed by atoms with Crippen molar-refractivity contribution in [3.8, 4) is 0 Å². The van der Waals surface area contributed by atoms with Crippen molar-refractivity contribution >= 4 is 34.4 Å². The molecule has 1 aliphatic heterocycles. The van der Waals surface area contributed by atoms with Crippen LogP contribution in [0, 0.1) is 20.8 Å². The summed E-state index contributed by atoms with van der Waals surface area (Å²) in [4.78, 5) is 32.0. The molecule has 1 aliphatic rings. The first-order valence-corrected chi connectivity index (χ1v) is 12.6. The second-order valence-corrected chi connectivity index (χ2v) is 10.9. The molecule has 0 unspecified atom stereocenters. The lowest BCUT2D eigenvalue weighted by Crippen LogP contribution is -2.41. The quantitative estimate of drug-likeness (QED) is 0.381. The molecule has 0 radical (unpaired) electrons. The highest BCUT2D eigenvalue weighted by Gasteiger charge is 2.29. The number of fused-ring (bicyclic) bond motifs is 2.